The van der Waals surface area contributed by atoms with Gasteiger partial charge >= 0.3 is 5.97 Å². The molecule has 0 aliphatic carbocycles. The number of amides is 2. The Morgan fingerprint density at radius 1 is 1.32 bits per heavy atom. The fraction of sp³-hybridized carbons (Fsp3) is 0.550. The second-order valence-electron chi connectivity index (χ2n) is 6.86. The molecule has 0 radical (unpaired) electrons. The molecule has 8 heteroatoms. The van der Waals surface area contributed by atoms with Gasteiger partial charge in [-0.2, -0.15) is 0 Å². The number of likely N-dealkylation sites (N-methyl/N-ethyl adjacent to an activating group) is 1. The summed E-state index contributed by atoms with van der Waals surface area (Å²) < 4.78 is 23.8. The van der Waals surface area contributed by atoms with Crippen molar-refractivity contribution in [2.24, 2.45) is 5.92 Å². The maximum Gasteiger partial charge on any atom is 0.311 e. The number of carbonyl (C=O) groups excluding carboxylic acids is 3. The highest BCUT2D eigenvalue weighted by atomic mass is 19.1. The first-order valence-electron chi connectivity index (χ1n) is 9.36. The molecule has 0 N–H and O–H groups in total. The molecule has 1 unspecified atom stereocenters. The van der Waals surface area contributed by atoms with Crippen molar-refractivity contribution in [3.63, 3.8) is 0 Å². The molecule has 2 amide bonds. The van der Waals surface area contributed by atoms with E-state index in [2.05, 4.69) is 0 Å². The van der Waals surface area contributed by atoms with Crippen LogP contribution in [0.1, 0.15) is 31.7 Å². The number of likely N-dealkylation sites (tertiary alicyclic amines) is 1. The summed E-state index contributed by atoms with van der Waals surface area (Å²) >= 11 is 0. The Morgan fingerprint density at radius 3 is 2.71 bits per heavy atom. The van der Waals surface area contributed by atoms with Gasteiger partial charge in [-0.05, 0) is 30.5 Å². The van der Waals surface area contributed by atoms with Crippen molar-refractivity contribution in [2.75, 3.05) is 33.9 Å². The van der Waals surface area contributed by atoms with Crippen LogP contribution >= 0.6 is 0 Å². The number of hydrogen-bond donors (Lipinski definition) is 0. The second kappa shape index (κ2) is 10.1. The number of benzene rings is 1. The molecule has 0 saturated carbocycles. The maximum atomic E-state index is 13.8. The van der Waals surface area contributed by atoms with Crippen LogP contribution in [-0.2, 0) is 25.7 Å². The van der Waals surface area contributed by atoms with Crippen molar-refractivity contribution in [3.05, 3.63) is 29.6 Å². The quantitative estimate of drug-likeness (QED) is 0.661. The topological polar surface area (TPSA) is 76.2 Å². The van der Waals surface area contributed by atoms with Crippen molar-refractivity contribution >= 4 is 17.8 Å². The Labute approximate surface area is 164 Å². The van der Waals surface area contributed by atoms with Crippen LogP contribution in [0.5, 0.6) is 5.75 Å². The van der Waals surface area contributed by atoms with E-state index in [0.29, 0.717) is 31.5 Å². The first kappa shape index (κ1) is 21.7. The number of rotatable bonds is 7. The Bertz CT molecular complexity index is 725. The number of esters is 1. The summed E-state index contributed by atoms with van der Waals surface area (Å²) in [7, 11) is 2.94. The number of nitrogens with zero attached hydrogens (tertiary/aromatic N) is 2. The molecule has 1 aliphatic rings. The van der Waals surface area contributed by atoms with Gasteiger partial charge in [-0.25, -0.2) is 4.39 Å². The van der Waals surface area contributed by atoms with Crippen LogP contribution in [0.25, 0.3) is 0 Å². The van der Waals surface area contributed by atoms with E-state index in [4.69, 9.17) is 9.47 Å². The summed E-state index contributed by atoms with van der Waals surface area (Å²) in [6.45, 7) is 2.57. The minimum absolute atomic E-state index is 0.0139. The van der Waals surface area contributed by atoms with Gasteiger partial charge in [-0.1, -0.05) is 13.0 Å². The van der Waals surface area contributed by atoms with Crippen molar-refractivity contribution in [1.82, 2.24) is 9.80 Å². The van der Waals surface area contributed by atoms with Gasteiger partial charge in [0.05, 0.1) is 13.0 Å². The Hall–Kier alpha value is -2.64. The third-order valence-corrected chi connectivity index (χ3v) is 4.81. The lowest BCUT2D eigenvalue weighted by Gasteiger charge is -2.31. The van der Waals surface area contributed by atoms with Crippen molar-refractivity contribution in [2.45, 2.75) is 32.7 Å². The molecule has 1 heterocycles. The van der Waals surface area contributed by atoms with E-state index < -0.39 is 17.7 Å². The van der Waals surface area contributed by atoms with Gasteiger partial charge in [-0.3, -0.25) is 14.4 Å². The van der Waals surface area contributed by atoms with Crippen LogP contribution in [0.4, 0.5) is 4.39 Å². The van der Waals surface area contributed by atoms with Crippen LogP contribution < -0.4 is 4.74 Å². The zero-order chi connectivity index (χ0) is 20.7. The highest BCUT2D eigenvalue weighted by Crippen LogP contribution is 2.20. The van der Waals surface area contributed by atoms with Gasteiger partial charge < -0.3 is 19.3 Å². The lowest BCUT2D eigenvalue weighted by molar-refractivity contribution is -0.157. The van der Waals surface area contributed by atoms with E-state index in [-0.39, 0.29) is 30.7 Å². The molecule has 1 aliphatic heterocycles. The lowest BCUT2D eigenvalue weighted by atomic mass is 9.98. The predicted molar refractivity (Wildman–Crippen MR) is 100.0 cm³/mol. The van der Waals surface area contributed by atoms with E-state index >= 15 is 0 Å². The zero-order valence-electron chi connectivity index (χ0n) is 16.6. The third-order valence-electron chi connectivity index (χ3n) is 4.81. The van der Waals surface area contributed by atoms with Crippen LogP contribution in [0.15, 0.2) is 18.2 Å². The van der Waals surface area contributed by atoms with E-state index in [9.17, 15) is 18.8 Å². The smallest absolute Gasteiger partial charge is 0.311 e. The number of piperidine rings is 1. The minimum atomic E-state index is -0.504. The lowest BCUT2D eigenvalue weighted by Crippen LogP contribution is -2.43. The number of halogens is 1. The van der Waals surface area contributed by atoms with Crippen molar-refractivity contribution < 1.29 is 28.2 Å². The molecule has 1 atom stereocenters. The van der Waals surface area contributed by atoms with E-state index in [1.54, 1.807) is 24.9 Å². The average Bonchev–Trinajstić information content (AvgIpc) is 2.71. The number of methoxy groups -OCH3 is 1. The molecule has 0 bridgehead atoms. The normalized spacial score (nSPS) is 16.4. The molecule has 1 saturated heterocycles. The van der Waals surface area contributed by atoms with Gasteiger partial charge in [0, 0.05) is 33.1 Å². The minimum Gasteiger partial charge on any atom is -0.494 e. The van der Waals surface area contributed by atoms with Crippen LogP contribution in [0, 0.1) is 11.7 Å². The fourth-order valence-electron chi connectivity index (χ4n) is 3.15. The van der Waals surface area contributed by atoms with Gasteiger partial charge in [0.2, 0.25) is 5.91 Å². The first-order chi connectivity index (χ1) is 13.3. The Kier molecular flexibility index (Phi) is 7.78. The summed E-state index contributed by atoms with van der Waals surface area (Å²) in [4.78, 5) is 39.3. The van der Waals surface area contributed by atoms with Gasteiger partial charge in [0.1, 0.15) is 0 Å². The summed E-state index contributed by atoms with van der Waals surface area (Å²) in [5, 5.41) is 0. The SMILES string of the molecule is CCC(=O)N1CCCC(C(=O)OCC(=O)N(C)Cc2ccc(OC)c(F)c2)C1. The van der Waals surface area contributed by atoms with Gasteiger partial charge in [0.25, 0.3) is 5.91 Å². The van der Waals surface area contributed by atoms with Crippen molar-refractivity contribution in [3.8, 4) is 5.75 Å². The van der Waals surface area contributed by atoms with Crippen LogP contribution in [-0.4, -0.2) is 61.4 Å². The monoisotopic (exact) mass is 394 g/mol. The van der Waals surface area contributed by atoms with Crippen LogP contribution in [0.3, 0.4) is 0 Å². The Morgan fingerprint density at radius 2 is 2.07 bits per heavy atom. The van der Waals surface area contributed by atoms with E-state index in [1.165, 1.54) is 24.1 Å². The number of carbonyl (C=O) groups is 3. The van der Waals surface area contributed by atoms with E-state index in [0.717, 1.165) is 6.42 Å². The number of hydrogen-bond acceptors (Lipinski definition) is 5. The molecule has 28 heavy (non-hydrogen) atoms. The van der Waals surface area contributed by atoms with Crippen molar-refractivity contribution in [1.29, 1.82) is 0 Å². The van der Waals surface area contributed by atoms with E-state index in [1.807, 2.05) is 0 Å². The van der Waals surface area contributed by atoms with Gasteiger partial charge in [-0.15, -0.1) is 0 Å². The fourth-order valence-corrected chi connectivity index (χ4v) is 3.15. The van der Waals surface area contributed by atoms with Gasteiger partial charge in [0.15, 0.2) is 18.2 Å². The zero-order valence-corrected chi connectivity index (χ0v) is 16.6. The maximum absolute atomic E-state index is 13.8. The molecule has 7 nitrogen and oxygen atoms in total. The molecule has 0 spiro atoms. The summed E-state index contributed by atoms with van der Waals surface area (Å²) in [6, 6.07) is 4.46. The molecule has 1 aromatic carbocycles. The molecular weight excluding hydrogens is 367 g/mol. The third kappa shape index (κ3) is 5.68. The first-order valence-corrected chi connectivity index (χ1v) is 9.36. The second-order valence-corrected chi connectivity index (χ2v) is 6.86. The molecule has 0 aromatic heterocycles. The molecule has 1 aromatic rings. The summed E-state index contributed by atoms with van der Waals surface area (Å²) in [5.41, 5.74) is 0.599. The average molecular weight is 394 g/mol. The molecular formula is C20H27FN2O5. The molecule has 2 rings (SSSR count). The molecule has 1 fully saturated rings. The highest BCUT2D eigenvalue weighted by Gasteiger charge is 2.29. The highest BCUT2D eigenvalue weighted by molar-refractivity contribution is 5.82. The molecule has 154 valence electrons. The predicted octanol–water partition coefficient (Wildman–Crippen LogP) is 1.98. The summed E-state index contributed by atoms with van der Waals surface area (Å²) in [6.07, 6.45) is 1.78. The van der Waals surface area contributed by atoms with Crippen LogP contribution in [0.2, 0.25) is 0 Å². The largest absolute Gasteiger partial charge is 0.494 e. The summed E-state index contributed by atoms with van der Waals surface area (Å²) in [5.74, 6) is -1.61. The standard InChI is InChI=1S/C20H27FN2O5/c1-4-18(24)23-9-5-6-15(12-23)20(26)28-13-19(25)22(2)11-14-7-8-17(27-3)16(21)10-14/h7-8,10,15H,4-6,9,11-13H2,1-3H3. The Balaban J connectivity index is 1.82. The number of ether oxygens (including phenoxy) is 2.